The summed E-state index contributed by atoms with van der Waals surface area (Å²) < 4.78 is 0. The number of allylic oxidation sites excluding steroid dienone is 2. The summed E-state index contributed by atoms with van der Waals surface area (Å²) in [5, 5.41) is 0. The average molecular weight is 427 g/mol. The van der Waals surface area contributed by atoms with Gasteiger partial charge < -0.3 is 0 Å². The maximum atomic E-state index is 2.73. The van der Waals surface area contributed by atoms with Crippen molar-refractivity contribution >= 4 is 0 Å². The first-order chi connectivity index (χ1) is 14.7. The zero-order valence-electron chi connectivity index (χ0n) is 22.2. The molecule has 0 N–H and O–H groups in total. The van der Waals surface area contributed by atoms with E-state index in [2.05, 4.69) is 48.5 Å². The lowest BCUT2D eigenvalue weighted by atomic mass is 9.48. The van der Waals surface area contributed by atoms with Crippen molar-refractivity contribution in [3.8, 4) is 0 Å². The van der Waals surface area contributed by atoms with Crippen molar-refractivity contribution in [1.82, 2.24) is 0 Å². The Morgan fingerprint density at radius 3 is 2.32 bits per heavy atom. The van der Waals surface area contributed by atoms with E-state index in [1.54, 1.807) is 0 Å². The molecule has 0 spiro atoms. The number of hydrogen-bond acceptors (Lipinski definition) is 0. The number of fused-ring (bicyclic) bond motifs is 4. The second-order valence-corrected chi connectivity index (χ2v) is 13.9. The third-order valence-electron chi connectivity index (χ3n) is 11.1. The van der Waals surface area contributed by atoms with Crippen LogP contribution in [0.1, 0.15) is 132 Å². The SMILES string of the molecule is CC(C)CCC[C@@H](C)[C@H]1CC[C@H]2C3=C(CC[C@]12C)[C@@]1(C)CCCC(CC(C)C)C1CC3. The van der Waals surface area contributed by atoms with Crippen molar-refractivity contribution in [1.29, 1.82) is 0 Å². The van der Waals surface area contributed by atoms with Gasteiger partial charge >= 0.3 is 0 Å². The summed E-state index contributed by atoms with van der Waals surface area (Å²) in [6.45, 7) is 17.7. The Kier molecular flexibility index (Phi) is 7.07. The molecule has 0 heterocycles. The van der Waals surface area contributed by atoms with Crippen LogP contribution in [0.3, 0.4) is 0 Å². The van der Waals surface area contributed by atoms with Crippen LogP contribution >= 0.6 is 0 Å². The fourth-order valence-corrected chi connectivity index (χ4v) is 9.69. The highest BCUT2D eigenvalue weighted by molar-refractivity contribution is 5.34. The van der Waals surface area contributed by atoms with E-state index >= 15 is 0 Å². The number of rotatable bonds is 7. The maximum Gasteiger partial charge on any atom is -0.00826 e. The van der Waals surface area contributed by atoms with Crippen molar-refractivity contribution in [2.45, 2.75) is 132 Å². The van der Waals surface area contributed by atoms with Crippen LogP contribution in [0.15, 0.2) is 11.1 Å². The highest BCUT2D eigenvalue weighted by Crippen LogP contribution is 2.66. The van der Waals surface area contributed by atoms with E-state index in [1.165, 1.54) is 83.5 Å². The third kappa shape index (κ3) is 4.33. The summed E-state index contributed by atoms with van der Waals surface area (Å²) in [4.78, 5) is 0. The molecule has 0 aromatic rings. The molecule has 0 saturated heterocycles. The number of hydrogen-bond donors (Lipinski definition) is 0. The molecule has 31 heavy (non-hydrogen) atoms. The summed E-state index contributed by atoms with van der Waals surface area (Å²) >= 11 is 0. The van der Waals surface area contributed by atoms with Crippen LogP contribution in [0.2, 0.25) is 0 Å². The molecule has 4 aliphatic carbocycles. The predicted molar refractivity (Wildman–Crippen MR) is 136 cm³/mol. The molecule has 0 aliphatic heterocycles. The first kappa shape index (κ1) is 23.9. The summed E-state index contributed by atoms with van der Waals surface area (Å²) in [5.74, 6) is 6.55. The zero-order chi connectivity index (χ0) is 22.4. The minimum Gasteiger partial charge on any atom is -0.0668 e. The molecule has 0 heteroatoms. The molecule has 0 bridgehead atoms. The van der Waals surface area contributed by atoms with Gasteiger partial charge in [-0.3, -0.25) is 0 Å². The molecule has 4 aliphatic rings. The van der Waals surface area contributed by atoms with Crippen molar-refractivity contribution in [2.75, 3.05) is 0 Å². The summed E-state index contributed by atoms with van der Waals surface area (Å²) in [7, 11) is 0. The highest BCUT2D eigenvalue weighted by Gasteiger charge is 2.56. The van der Waals surface area contributed by atoms with Gasteiger partial charge in [-0.05, 0) is 104 Å². The molecular formula is C31H54. The summed E-state index contributed by atoms with van der Waals surface area (Å²) in [6, 6.07) is 0. The largest absolute Gasteiger partial charge is 0.0668 e. The van der Waals surface area contributed by atoms with E-state index in [1.807, 2.05) is 11.1 Å². The Bertz CT molecular complexity index is 653. The lowest BCUT2D eigenvalue weighted by Gasteiger charge is -2.56. The van der Waals surface area contributed by atoms with Crippen molar-refractivity contribution in [2.24, 2.45) is 52.3 Å². The van der Waals surface area contributed by atoms with Gasteiger partial charge in [-0.25, -0.2) is 0 Å². The Labute approximate surface area is 195 Å². The summed E-state index contributed by atoms with van der Waals surface area (Å²) in [5.41, 5.74) is 5.17. The molecule has 2 fully saturated rings. The van der Waals surface area contributed by atoms with Gasteiger partial charge in [-0.15, -0.1) is 0 Å². The minimum atomic E-state index is 0.549. The molecule has 2 saturated carbocycles. The Balaban J connectivity index is 1.53. The second-order valence-electron chi connectivity index (χ2n) is 13.9. The van der Waals surface area contributed by atoms with Crippen LogP contribution in [0, 0.1) is 52.3 Å². The standard InChI is InChI=1S/C31H54/c1-21(2)10-8-11-23(5)26-15-16-28-25-13-14-27-24(20-22(3)4)12-9-18-30(27,6)29(25)17-19-31(26,28)7/h21-24,26-28H,8-20H2,1-7H3/t23-,24?,26-,27?,28+,30+,31-/m1/s1. The Morgan fingerprint density at radius 1 is 0.839 bits per heavy atom. The molecule has 2 unspecified atom stereocenters. The van der Waals surface area contributed by atoms with Gasteiger partial charge in [-0.1, -0.05) is 91.7 Å². The monoisotopic (exact) mass is 426 g/mol. The van der Waals surface area contributed by atoms with Gasteiger partial charge in [-0.2, -0.15) is 0 Å². The van der Waals surface area contributed by atoms with Gasteiger partial charge in [0.2, 0.25) is 0 Å². The molecule has 7 atom stereocenters. The second kappa shape index (κ2) is 9.18. The van der Waals surface area contributed by atoms with Gasteiger partial charge in [0.05, 0.1) is 0 Å². The van der Waals surface area contributed by atoms with E-state index in [9.17, 15) is 0 Å². The van der Waals surface area contributed by atoms with Gasteiger partial charge in [0.15, 0.2) is 0 Å². The van der Waals surface area contributed by atoms with E-state index in [4.69, 9.17) is 0 Å². The Hall–Kier alpha value is -0.260. The average Bonchev–Trinajstić information content (AvgIpc) is 3.04. The van der Waals surface area contributed by atoms with Crippen molar-refractivity contribution in [3.63, 3.8) is 0 Å². The van der Waals surface area contributed by atoms with Crippen LogP contribution in [0.4, 0.5) is 0 Å². The summed E-state index contributed by atoms with van der Waals surface area (Å²) in [6.07, 6.45) is 19.2. The van der Waals surface area contributed by atoms with Crippen LogP contribution in [0.5, 0.6) is 0 Å². The lowest BCUT2D eigenvalue weighted by molar-refractivity contribution is 0.0314. The van der Waals surface area contributed by atoms with Crippen LogP contribution in [-0.4, -0.2) is 0 Å². The normalized spacial score (nSPS) is 41.3. The molecule has 0 aromatic carbocycles. The quantitative estimate of drug-likeness (QED) is 0.355. The van der Waals surface area contributed by atoms with E-state index in [-0.39, 0.29) is 0 Å². The Morgan fingerprint density at radius 2 is 1.61 bits per heavy atom. The molecule has 178 valence electrons. The minimum absolute atomic E-state index is 0.549. The molecule has 0 aromatic heterocycles. The van der Waals surface area contributed by atoms with Gasteiger partial charge in [0, 0.05) is 0 Å². The predicted octanol–water partition coefficient (Wildman–Crippen LogP) is 9.83. The molecule has 4 rings (SSSR count). The van der Waals surface area contributed by atoms with Crippen molar-refractivity contribution < 1.29 is 0 Å². The van der Waals surface area contributed by atoms with Crippen LogP contribution in [-0.2, 0) is 0 Å². The van der Waals surface area contributed by atoms with Crippen LogP contribution in [0.25, 0.3) is 0 Å². The highest BCUT2D eigenvalue weighted by atomic mass is 14.6. The zero-order valence-corrected chi connectivity index (χ0v) is 22.2. The van der Waals surface area contributed by atoms with Gasteiger partial charge in [0.25, 0.3) is 0 Å². The molecule has 0 nitrogen and oxygen atoms in total. The van der Waals surface area contributed by atoms with Gasteiger partial charge in [0.1, 0.15) is 0 Å². The van der Waals surface area contributed by atoms with E-state index in [0.29, 0.717) is 10.8 Å². The van der Waals surface area contributed by atoms with E-state index < -0.39 is 0 Å². The lowest BCUT2D eigenvalue weighted by Crippen LogP contribution is -2.46. The molecular weight excluding hydrogens is 372 g/mol. The first-order valence-electron chi connectivity index (χ1n) is 14.4. The van der Waals surface area contributed by atoms with Crippen molar-refractivity contribution in [3.05, 3.63) is 11.1 Å². The van der Waals surface area contributed by atoms with E-state index in [0.717, 1.165) is 41.4 Å². The molecule has 0 amide bonds. The van der Waals surface area contributed by atoms with Crippen LogP contribution < -0.4 is 0 Å². The fraction of sp³-hybridized carbons (Fsp3) is 0.935. The maximum absolute atomic E-state index is 2.73. The smallest absolute Gasteiger partial charge is 0.00826 e. The first-order valence-corrected chi connectivity index (χ1v) is 14.4. The molecule has 0 radical (unpaired) electrons. The third-order valence-corrected chi connectivity index (χ3v) is 11.1. The fourth-order valence-electron chi connectivity index (χ4n) is 9.69. The topological polar surface area (TPSA) is 0 Å².